The number of fused-ring (bicyclic) bond motifs is 3. The fourth-order valence-electron chi connectivity index (χ4n) is 4.82. The van der Waals surface area contributed by atoms with Crippen LogP contribution in [0.5, 0.6) is 5.75 Å². The number of ketones is 1. The van der Waals surface area contributed by atoms with E-state index in [1.807, 2.05) is 41.8 Å². The third-order valence-electron chi connectivity index (χ3n) is 5.96. The SMILES string of the molecule is O=C1C[C@@]2(CC[C@H]3[C@@H](C(=O)NCc4cccs4)[C@@H]32)Oc2ccccc21. The zero-order valence-electron chi connectivity index (χ0n) is 13.7. The lowest BCUT2D eigenvalue weighted by atomic mass is 9.84. The second-order valence-electron chi connectivity index (χ2n) is 7.31. The van der Waals surface area contributed by atoms with Crippen LogP contribution in [0, 0.1) is 17.8 Å². The Balaban J connectivity index is 1.33. The van der Waals surface area contributed by atoms with Gasteiger partial charge in [-0.15, -0.1) is 11.3 Å². The summed E-state index contributed by atoms with van der Waals surface area (Å²) in [5, 5.41) is 5.07. The first-order valence-corrected chi connectivity index (χ1v) is 9.67. The highest BCUT2D eigenvalue weighted by molar-refractivity contribution is 7.09. The zero-order valence-corrected chi connectivity index (χ0v) is 14.6. The largest absolute Gasteiger partial charge is 0.486 e. The summed E-state index contributed by atoms with van der Waals surface area (Å²) in [5.74, 6) is 1.47. The number of ether oxygens (including phenoxy) is 1. The molecule has 1 aromatic heterocycles. The minimum Gasteiger partial charge on any atom is -0.486 e. The summed E-state index contributed by atoms with van der Waals surface area (Å²) >= 11 is 1.65. The standard InChI is InChI=1S/C20H19NO3S/c22-15-10-20(24-16-6-2-1-5-13(15)16)8-7-14-17(18(14)20)19(23)21-11-12-4-3-9-25-12/h1-6,9,14,17-18H,7-8,10-11H2,(H,21,23)/t14-,17+,18+,20+/m0/s1. The van der Waals surface area contributed by atoms with Crippen LogP contribution in [0.25, 0.3) is 0 Å². The van der Waals surface area contributed by atoms with E-state index in [4.69, 9.17) is 4.74 Å². The van der Waals surface area contributed by atoms with Gasteiger partial charge in [0, 0.05) is 16.7 Å². The number of para-hydroxylation sites is 1. The second-order valence-corrected chi connectivity index (χ2v) is 8.35. The predicted molar refractivity (Wildman–Crippen MR) is 94.6 cm³/mol. The van der Waals surface area contributed by atoms with Gasteiger partial charge >= 0.3 is 0 Å². The van der Waals surface area contributed by atoms with Gasteiger partial charge in [0.05, 0.1) is 18.5 Å². The van der Waals surface area contributed by atoms with Crippen LogP contribution < -0.4 is 10.1 Å². The Hall–Kier alpha value is -2.14. The maximum Gasteiger partial charge on any atom is 0.224 e. The molecule has 25 heavy (non-hydrogen) atoms. The van der Waals surface area contributed by atoms with Gasteiger partial charge in [0.2, 0.25) is 5.91 Å². The maximum absolute atomic E-state index is 12.6. The molecule has 1 amide bonds. The van der Waals surface area contributed by atoms with Gasteiger partial charge in [-0.05, 0) is 42.3 Å². The number of hydrogen-bond acceptors (Lipinski definition) is 4. The molecule has 4 atom stereocenters. The van der Waals surface area contributed by atoms with Crippen LogP contribution in [0.15, 0.2) is 41.8 Å². The van der Waals surface area contributed by atoms with Gasteiger partial charge in [0.1, 0.15) is 11.4 Å². The van der Waals surface area contributed by atoms with E-state index < -0.39 is 5.60 Å². The molecule has 3 aliphatic rings. The lowest BCUT2D eigenvalue weighted by molar-refractivity contribution is -0.124. The summed E-state index contributed by atoms with van der Waals surface area (Å²) in [6.07, 6.45) is 2.24. The monoisotopic (exact) mass is 353 g/mol. The lowest BCUT2D eigenvalue weighted by Crippen LogP contribution is -2.44. The first-order valence-electron chi connectivity index (χ1n) is 8.79. The molecular formula is C20H19NO3S. The Kier molecular flexibility index (Phi) is 3.29. The molecule has 2 aromatic rings. The fraction of sp³-hybridized carbons (Fsp3) is 0.400. The van der Waals surface area contributed by atoms with Crippen LogP contribution in [0.2, 0.25) is 0 Å². The average molecular weight is 353 g/mol. The van der Waals surface area contributed by atoms with Crippen molar-refractivity contribution in [3.63, 3.8) is 0 Å². The Morgan fingerprint density at radius 2 is 2.16 bits per heavy atom. The van der Waals surface area contributed by atoms with Crippen molar-refractivity contribution in [1.29, 1.82) is 0 Å². The van der Waals surface area contributed by atoms with Gasteiger partial charge < -0.3 is 10.1 Å². The minimum atomic E-state index is -0.471. The van der Waals surface area contributed by atoms with Crippen molar-refractivity contribution in [2.24, 2.45) is 17.8 Å². The number of carbonyl (C=O) groups is 2. The zero-order chi connectivity index (χ0) is 17.0. The quantitative estimate of drug-likeness (QED) is 0.920. The van der Waals surface area contributed by atoms with Crippen molar-refractivity contribution in [1.82, 2.24) is 5.32 Å². The van der Waals surface area contributed by atoms with Crippen LogP contribution in [-0.4, -0.2) is 17.3 Å². The topological polar surface area (TPSA) is 55.4 Å². The number of benzene rings is 1. The third kappa shape index (κ3) is 2.33. The molecule has 1 aliphatic heterocycles. The van der Waals surface area contributed by atoms with E-state index in [0.717, 1.165) is 17.7 Å². The van der Waals surface area contributed by atoms with E-state index >= 15 is 0 Å². The lowest BCUT2D eigenvalue weighted by Gasteiger charge is -2.37. The molecule has 0 unspecified atom stereocenters. The van der Waals surface area contributed by atoms with Crippen molar-refractivity contribution in [2.75, 3.05) is 0 Å². The van der Waals surface area contributed by atoms with Crippen molar-refractivity contribution >= 4 is 23.0 Å². The summed E-state index contributed by atoms with van der Waals surface area (Å²) in [5.41, 5.74) is 0.206. The number of hydrogen-bond donors (Lipinski definition) is 1. The maximum atomic E-state index is 12.6. The molecule has 5 rings (SSSR count). The van der Waals surface area contributed by atoms with E-state index in [2.05, 4.69) is 5.32 Å². The predicted octanol–water partition coefficient (Wildman–Crippen LogP) is 3.42. The Morgan fingerprint density at radius 3 is 3.00 bits per heavy atom. The first kappa shape index (κ1) is 15.1. The van der Waals surface area contributed by atoms with Gasteiger partial charge in [0.15, 0.2) is 5.78 Å². The Bertz CT molecular complexity index is 846. The first-order chi connectivity index (χ1) is 12.2. The number of Topliss-reactive ketones (excluding diaryl/α,β-unsaturated/α-hetero) is 1. The molecule has 2 fully saturated rings. The van der Waals surface area contributed by atoms with E-state index in [1.165, 1.54) is 0 Å². The molecule has 0 bridgehead atoms. The summed E-state index contributed by atoms with van der Waals surface area (Å²) < 4.78 is 6.34. The van der Waals surface area contributed by atoms with E-state index in [-0.39, 0.29) is 23.5 Å². The second kappa shape index (κ2) is 5.43. The van der Waals surface area contributed by atoms with Crippen molar-refractivity contribution in [3.05, 3.63) is 52.2 Å². The fourth-order valence-corrected chi connectivity index (χ4v) is 5.47. The smallest absolute Gasteiger partial charge is 0.224 e. The van der Waals surface area contributed by atoms with E-state index in [9.17, 15) is 9.59 Å². The number of amides is 1. The number of carbonyl (C=O) groups excluding carboxylic acids is 2. The van der Waals surface area contributed by atoms with Crippen LogP contribution in [0.3, 0.4) is 0 Å². The highest BCUT2D eigenvalue weighted by Gasteiger charge is 2.70. The van der Waals surface area contributed by atoms with Crippen LogP contribution in [0.4, 0.5) is 0 Å². The summed E-state index contributed by atoms with van der Waals surface area (Å²) in [6, 6.07) is 11.5. The van der Waals surface area contributed by atoms with Gasteiger partial charge in [-0.25, -0.2) is 0 Å². The molecule has 2 heterocycles. The van der Waals surface area contributed by atoms with Crippen molar-refractivity contribution in [2.45, 2.75) is 31.4 Å². The molecule has 0 radical (unpaired) electrons. The van der Waals surface area contributed by atoms with Crippen molar-refractivity contribution in [3.8, 4) is 5.75 Å². The third-order valence-corrected chi connectivity index (χ3v) is 6.83. The van der Waals surface area contributed by atoms with Crippen LogP contribution >= 0.6 is 11.3 Å². The van der Waals surface area contributed by atoms with Gasteiger partial charge in [-0.3, -0.25) is 9.59 Å². The molecule has 4 nitrogen and oxygen atoms in total. The van der Waals surface area contributed by atoms with Gasteiger partial charge in [0.25, 0.3) is 0 Å². The molecule has 128 valence electrons. The summed E-state index contributed by atoms with van der Waals surface area (Å²) in [6.45, 7) is 0.585. The Morgan fingerprint density at radius 1 is 1.28 bits per heavy atom. The molecule has 2 saturated carbocycles. The highest BCUT2D eigenvalue weighted by Crippen LogP contribution is 2.65. The summed E-state index contributed by atoms with van der Waals surface area (Å²) in [7, 11) is 0. The highest BCUT2D eigenvalue weighted by atomic mass is 32.1. The number of thiophene rings is 1. The molecular weight excluding hydrogens is 334 g/mol. The van der Waals surface area contributed by atoms with Gasteiger partial charge in [-0.1, -0.05) is 18.2 Å². The number of rotatable bonds is 3. The molecule has 1 aromatic carbocycles. The van der Waals surface area contributed by atoms with Crippen LogP contribution in [0.1, 0.15) is 34.5 Å². The van der Waals surface area contributed by atoms with Gasteiger partial charge in [-0.2, -0.15) is 0 Å². The van der Waals surface area contributed by atoms with E-state index in [1.54, 1.807) is 11.3 Å². The minimum absolute atomic E-state index is 0.00762. The molecule has 2 aliphatic carbocycles. The summed E-state index contributed by atoms with van der Waals surface area (Å²) in [4.78, 5) is 26.4. The average Bonchev–Trinajstić information content (AvgIpc) is 2.94. The molecule has 1 N–H and O–H groups in total. The number of nitrogens with one attached hydrogen (secondary N) is 1. The Labute approximate surface area is 150 Å². The normalized spacial score (nSPS) is 32.0. The van der Waals surface area contributed by atoms with Crippen LogP contribution in [-0.2, 0) is 11.3 Å². The molecule has 5 heteroatoms. The molecule has 1 spiro atoms. The molecule has 0 saturated heterocycles. The van der Waals surface area contributed by atoms with E-state index in [0.29, 0.717) is 30.2 Å². The van der Waals surface area contributed by atoms with Crippen molar-refractivity contribution < 1.29 is 14.3 Å².